The first-order chi connectivity index (χ1) is 8.97. The van der Waals surface area contributed by atoms with Gasteiger partial charge in [-0.2, -0.15) is 0 Å². The predicted octanol–water partition coefficient (Wildman–Crippen LogP) is 5.63. The summed E-state index contributed by atoms with van der Waals surface area (Å²) in [7, 11) is 0. The summed E-state index contributed by atoms with van der Waals surface area (Å²) < 4.78 is 1.06. The van der Waals surface area contributed by atoms with Gasteiger partial charge in [0.05, 0.1) is 0 Å². The Morgan fingerprint density at radius 3 is 2.68 bits per heavy atom. The quantitative estimate of drug-likeness (QED) is 0.746. The van der Waals surface area contributed by atoms with Crippen LogP contribution in [0.15, 0.2) is 28.7 Å². The summed E-state index contributed by atoms with van der Waals surface area (Å²) in [6.45, 7) is 7.30. The van der Waals surface area contributed by atoms with Gasteiger partial charge in [-0.15, -0.1) is 11.3 Å². The Hall–Kier alpha value is -0.350. The van der Waals surface area contributed by atoms with Crippen molar-refractivity contribution < 1.29 is 0 Å². The molecule has 0 bridgehead atoms. The molecule has 0 aliphatic heterocycles. The summed E-state index contributed by atoms with van der Waals surface area (Å²) in [5, 5.41) is 4.35. The molecule has 1 aromatic heterocycles. The van der Waals surface area contributed by atoms with Crippen LogP contribution in [0.5, 0.6) is 0 Å². The lowest BCUT2D eigenvalue weighted by molar-refractivity contribution is 0.574. The number of nitrogens with one attached hydrogen (secondary N) is 1. The van der Waals surface area contributed by atoms with Gasteiger partial charge in [0.15, 0.2) is 0 Å². The average molecular weight is 359 g/mol. The topological polar surface area (TPSA) is 12.0 Å². The predicted molar refractivity (Wildman–Crippen MR) is 88.2 cm³/mol. The molecule has 0 saturated carbocycles. The van der Waals surface area contributed by atoms with Gasteiger partial charge in [0.25, 0.3) is 0 Å². The van der Waals surface area contributed by atoms with Gasteiger partial charge < -0.3 is 5.32 Å². The molecular weight excluding hydrogens is 342 g/mol. The molecule has 19 heavy (non-hydrogen) atoms. The first-order valence-electron chi connectivity index (χ1n) is 6.21. The molecular formula is C15H17BrClNS. The third-order valence-corrected chi connectivity index (χ3v) is 5.00. The molecule has 1 aromatic carbocycles. The first-order valence-corrected chi connectivity index (χ1v) is 8.20. The largest absolute Gasteiger partial charge is 0.306 e. The molecule has 1 nitrogen and oxygen atoms in total. The Morgan fingerprint density at radius 2 is 2.05 bits per heavy atom. The second-order valence-corrected chi connectivity index (χ2v) is 7.49. The highest BCUT2D eigenvalue weighted by Crippen LogP contribution is 2.27. The molecule has 1 unspecified atom stereocenters. The maximum atomic E-state index is 6.20. The van der Waals surface area contributed by atoms with Crippen LogP contribution in [-0.2, 0) is 6.54 Å². The molecule has 102 valence electrons. The minimum absolute atomic E-state index is 0.333. The Morgan fingerprint density at radius 1 is 1.32 bits per heavy atom. The molecule has 4 heteroatoms. The molecule has 0 saturated heterocycles. The van der Waals surface area contributed by atoms with Crippen LogP contribution in [0, 0.1) is 13.8 Å². The van der Waals surface area contributed by atoms with Gasteiger partial charge in [-0.05, 0) is 56.2 Å². The second kappa shape index (κ2) is 6.40. The number of hydrogen-bond acceptors (Lipinski definition) is 2. The molecule has 0 amide bonds. The van der Waals surface area contributed by atoms with Crippen molar-refractivity contribution in [2.45, 2.75) is 33.4 Å². The van der Waals surface area contributed by atoms with Crippen molar-refractivity contribution in [2.24, 2.45) is 0 Å². The zero-order valence-electron chi connectivity index (χ0n) is 11.3. The molecule has 0 spiro atoms. The monoisotopic (exact) mass is 357 g/mol. The fourth-order valence-corrected chi connectivity index (χ4v) is 3.75. The van der Waals surface area contributed by atoms with Crippen LogP contribution in [0.25, 0.3) is 0 Å². The van der Waals surface area contributed by atoms with Crippen molar-refractivity contribution >= 4 is 38.9 Å². The number of hydrogen-bond donors (Lipinski definition) is 1. The van der Waals surface area contributed by atoms with Crippen molar-refractivity contribution in [3.63, 3.8) is 0 Å². The standard InChI is InChI=1S/C15H17BrClNS/c1-9-6-14(11(3)19-9)10(2)18-8-12-7-13(16)4-5-15(12)17/h4-7,10,18H,8H2,1-3H3. The summed E-state index contributed by atoms with van der Waals surface area (Å²) in [4.78, 5) is 2.75. The van der Waals surface area contributed by atoms with E-state index < -0.39 is 0 Å². The fraction of sp³-hybridized carbons (Fsp3) is 0.333. The first kappa shape index (κ1) is 15.0. The third kappa shape index (κ3) is 3.82. The fourth-order valence-electron chi connectivity index (χ4n) is 2.13. The van der Waals surface area contributed by atoms with Crippen molar-refractivity contribution in [2.75, 3.05) is 0 Å². The van der Waals surface area contributed by atoms with Crippen LogP contribution < -0.4 is 5.32 Å². The number of aryl methyl sites for hydroxylation is 2. The maximum Gasteiger partial charge on any atom is 0.0451 e. The van der Waals surface area contributed by atoms with Crippen LogP contribution >= 0.6 is 38.9 Å². The molecule has 0 fully saturated rings. The number of halogens is 2. The zero-order chi connectivity index (χ0) is 14.0. The number of rotatable bonds is 4. The Bertz CT molecular complexity index is 580. The van der Waals surface area contributed by atoms with Gasteiger partial charge in [-0.3, -0.25) is 0 Å². The SMILES string of the molecule is Cc1cc(C(C)NCc2cc(Br)ccc2Cl)c(C)s1. The lowest BCUT2D eigenvalue weighted by atomic mass is 10.1. The third-order valence-electron chi connectivity index (χ3n) is 3.15. The molecule has 2 aromatic rings. The van der Waals surface area contributed by atoms with Crippen LogP contribution in [0.3, 0.4) is 0 Å². The molecule has 0 radical (unpaired) electrons. The number of thiophene rings is 1. The van der Waals surface area contributed by atoms with E-state index in [1.165, 1.54) is 15.3 Å². The van der Waals surface area contributed by atoms with E-state index in [0.717, 1.165) is 21.6 Å². The molecule has 0 aliphatic carbocycles. The van der Waals surface area contributed by atoms with E-state index in [0.29, 0.717) is 6.04 Å². The second-order valence-electron chi connectivity index (χ2n) is 4.71. The normalized spacial score (nSPS) is 12.7. The minimum Gasteiger partial charge on any atom is -0.306 e. The van der Waals surface area contributed by atoms with E-state index in [-0.39, 0.29) is 0 Å². The number of benzene rings is 1. The lowest BCUT2D eigenvalue weighted by Crippen LogP contribution is -2.18. The summed E-state index contributed by atoms with van der Waals surface area (Å²) in [6.07, 6.45) is 0. The summed E-state index contributed by atoms with van der Waals surface area (Å²) in [6, 6.07) is 8.54. The Balaban J connectivity index is 2.06. The van der Waals surface area contributed by atoms with Crippen LogP contribution in [0.2, 0.25) is 5.02 Å². The van der Waals surface area contributed by atoms with Crippen LogP contribution in [-0.4, -0.2) is 0 Å². The van der Waals surface area contributed by atoms with E-state index in [2.05, 4.69) is 54.2 Å². The molecule has 1 heterocycles. The highest BCUT2D eigenvalue weighted by atomic mass is 79.9. The van der Waals surface area contributed by atoms with E-state index in [1.807, 2.05) is 23.5 Å². The van der Waals surface area contributed by atoms with Crippen molar-refractivity contribution in [3.8, 4) is 0 Å². The maximum absolute atomic E-state index is 6.20. The van der Waals surface area contributed by atoms with E-state index in [1.54, 1.807) is 0 Å². The summed E-state index contributed by atoms with van der Waals surface area (Å²) in [5.41, 5.74) is 2.50. The Labute approximate surface area is 132 Å². The minimum atomic E-state index is 0.333. The van der Waals surface area contributed by atoms with Gasteiger partial charge >= 0.3 is 0 Å². The average Bonchev–Trinajstić information content (AvgIpc) is 2.69. The molecule has 2 rings (SSSR count). The van der Waals surface area contributed by atoms with Crippen LogP contribution in [0.4, 0.5) is 0 Å². The van der Waals surface area contributed by atoms with Crippen molar-refractivity contribution in [1.29, 1.82) is 0 Å². The lowest BCUT2D eigenvalue weighted by Gasteiger charge is -2.15. The smallest absolute Gasteiger partial charge is 0.0451 e. The van der Waals surface area contributed by atoms with E-state index in [4.69, 9.17) is 11.6 Å². The highest BCUT2D eigenvalue weighted by molar-refractivity contribution is 9.10. The summed E-state index contributed by atoms with van der Waals surface area (Å²) in [5.74, 6) is 0. The molecule has 1 atom stereocenters. The van der Waals surface area contributed by atoms with Crippen molar-refractivity contribution in [3.05, 3.63) is 54.6 Å². The van der Waals surface area contributed by atoms with Gasteiger partial charge in [-0.25, -0.2) is 0 Å². The molecule has 0 aliphatic rings. The van der Waals surface area contributed by atoms with Gasteiger partial charge in [0.1, 0.15) is 0 Å². The van der Waals surface area contributed by atoms with E-state index >= 15 is 0 Å². The zero-order valence-corrected chi connectivity index (χ0v) is 14.4. The highest BCUT2D eigenvalue weighted by Gasteiger charge is 2.11. The van der Waals surface area contributed by atoms with Gasteiger partial charge in [0.2, 0.25) is 0 Å². The van der Waals surface area contributed by atoms with Crippen molar-refractivity contribution in [1.82, 2.24) is 5.32 Å². The van der Waals surface area contributed by atoms with Gasteiger partial charge in [-0.1, -0.05) is 27.5 Å². The van der Waals surface area contributed by atoms with Crippen LogP contribution in [0.1, 0.15) is 33.8 Å². The Kier molecular flexibility index (Phi) is 5.07. The van der Waals surface area contributed by atoms with E-state index in [9.17, 15) is 0 Å². The molecule has 1 N–H and O–H groups in total. The summed E-state index contributed by atoms with van der Waals surface area (Å²) >= 11 is 11.5. The van der Waals surface area contributed by atoms with Gasteiger partial charge in [0, 0.05) is 31.8 Å².